The summed E-state index contributed by atoms with van der Waals surface area (Å²) in [5, 5.41) is 19.6. The summed E-state index contributed by atoms with van der Waals surface area (Å²) in [6, 6.07) is 15.9. The van der Waals surface area contributed by atoms with Gasteiger partial charge in [0, 0.05) is 43.4 Å². The molecule has 10 rings (SSSR count). The highest BCUT2D eigenvalue weighted by Crippen LogP contribution is 2.44. The zero-order chi connectivity index (χ0) is 59.4. The second kappa shape index (κ2) is 25.8. The summed E-state index contributed by atoms with van der Waals surface area (Å²) in [6.45, 7) is 19.6. The molecule has 440 valence electrons. The molecule has 0 unspecified atom stereocenters. The van der Waals surface area contributed by atoms with Gasteiger partial charge in [-0.05, 0) is 160 Å². The summed E-state index contributed by atoms with van der Waals surface area (Å²) in [5.74, 6) is 3.07. The van der Waals surface area contributed by atoms with E-state index in [1.165, 1.54) is 0 Å². The zero-order valence-corrected chi connectivity index (χ0v) is 50.8. The van der Waals surface area contributed by atoms with E-state index in [9.17, 15) is 14.4 Å². The summed E-state index contributed by atoms with van der Waals surface area (Å²) in [4.78, 5) is 54.0. The number of rotatable bonds is 11. The van der Waals surface area contributed by atoms with Gasteiger partial charge in [0.25, 0.3) is 0 Å². The van der Waals surface area contributed by atoms with E-state index in [1.54, 1.807) is 50.5 Å². The summed E-state index contributed by atoms with van der Waals surface area (Å²) >= 11 is 18.9. The average molecular weight is 1180 g/mol. The van der Waals surface area contributed by atoms with Crippen LogP contribution in [-0.2, 0) is 30.3 Å². The first-order chi connectivity index (χ1) is 38.0. The predicted molar refractivity (Wildman–Crippen MR) is 312 cm³/mol. The van der Waals surface area contributed by atoms with Crippen molar-refractivity contribution in [3.05, 3.63) is 116 Å². The molecule has 5 fully saturated rings. The van der Waals surface area contributed by atoms with Crippen molar-refractivity contribution < 1.29 is 38.4 Å². The number of amides is 3. The van der Waals surface area contributed by atoms with Gasteiger partial charge in [-0.3, -0.25) is 14.6 Å². The topological polar surface area (TPSA) is 244 Å². The first-order valence-corrected chi connectivity index (χ1v) is 28.5. The standard InChI is InChI=1S/C21H27ClN4O3.C17H25ClN2O3.C13H15ClN4O.C7H12N2O/c1-20(2,3)29-19(27)25-17(11-28-21(25,4)5)14-8-9-15(22)16(10-14)26-18(13-6-7-13)23-12-24-26;1-16(2,3)23-15(21)20-14(10-22-17(20,4)5)11-6-7-13(18)12(8-11)9-19;14-10-4-3-9(11(15)6-19)5-12(10)18-13(8-1-2-8)16-7-17-18;1-9(2)5-8-7(10)6-3-4-6/h8-10,12-13,17H,6-7,11H2,1-5H3;6-8,14H,9-10,19H2,1-5H3;3-5,7-8,11,19H,1-2,6,15H2;5-6H,3-4H2,1-2H3/t17-;14-;11-;/m111./s1. The fourth-order valence-electron chi connectivity index (χ4n) is 9.02. The Hall–Kier alpha value is -5.71. The molecule has 5 N–H and O–H groups in total. The molecule has 20 nitrogen and oxygen atoms in total. The summed E-state index contributed by atoms with van der Waals surface area (Å²) in [5.41, 5.74) is 13.9. The largest absolute Gasteiger partial charge is 0.444 e. The lowest BCUT2D eigenvalue weighted by atomic mass is 10.0. The van der Waals surface area contributed by atoms with Crippen LogP contribution in [0.25, 0.3) is 11.4 Å². The van der Waals surface area contributed by atoms with Crippen molar-refractivity contribution in [2.24, 2.45) is 22.4 Å². The minimum absolute atomic E-state index is 0.0358. The number of benzene rings is 3. The van der Waals surface area contributed by atoms with Gasteiger partial charge in [0.2, 0.25) is 5.91 Å². The molecular weight excluding hydrogens is 1100 g/mol. The fraction of sp³-hybridized carbons (Fsp3) is 0.552. The van der Waals surface area contributed by atoms with Gasteiger partial charge >= 0.3 is 12.2 Å². The van der Waals surface area contributed by atoms with E-state index in [-0.39, 0.29) is 30.5 Å². The number of aliphatic hydroxyl groups is 1. The average Bonchev–Trinajstić information content (AvgIpc) is 4.44. The molecule has 81 heavy (non-hydrogen) atoms. The molecule has 2 aliphatic heterocycles. The molecule has 23 heteroatoms. The second-order valence-electron chi connectivity index (χ2n) is 23.9. The van der Waals surface area contributed by atoms with Crippen LogP contribution >= 0.6 is 34.8 Å². The van der Waals surface area contributed by atoms with Crippen molar-refractivity contribution in [1.29, 1.82) is 0 Å². The lowest BCUT2D eigenvalue weighted by molar-refractivity contribution is -0.118. The molecule has 3 aliphatic carbocycles. The number of aliphatic imine (C=N–C) groups is 1. The Bertz CT molecular complexity index is 3030. The molecule has 5 aromatic rings. The zero-order valence-electron chi connectivity index (χ0n) is 48.5. The molecule has 3 aromatic carbocycles. The van der Waals surface area contributed by atoms with Crippen LogP contribution in [0.5, 0.6) is 0 Å². The van der Waals surface area contributed by atoms with Crippen LogP contribution < -0.4 is 11.5 Å². The van der Waals surface area contributed by atoms with E-state index < -0.39 is 40.9 Å². The Morgan fingerprint density at radius 3 is 1.59 bits per heavy atom. The van der Waals surface area contributed by atoms with Crippen molar-refractivity contribution in [3.63, 3.8) is 0 Å². The number of aromatic nitrogens is 6. The molecule has 0 bridgehead atoms. The molecule has 4 heterocycles. The number of hydrogen-bond donors (Lipinski definition) is 3. The van der Waals surface area contributed by atoms with Crippen LogP contribution in [-0.4, -0.2) is 130 Å². The molecule has 2 aromatic heterocycles. The van der Waals surface area contributed by atoms with Gasteiger partial charge in [0.05, 0.1) is 65.7 Å². The first kappa shape index (κ1) is 62.9. The molecule has 2 saturated heterocycles. The maximum absolute atomic E-state index is 13.0. The monoisotopic (exact) mass is 1180 g/mol. The summed E-state index contributed by atoms with van der Waals surface area (Å²) in [6.07, 6.45) is 10.5. The number of nitrogens with zero attached hydrogens (tertiary/aromatic N) is 10. The van der Waals surface area contributed by atoms with Gasteiger partial charge in [0.1, 0.15) is 47.0 Å². The Morgan fingerprint density at radius 2 is 1.17 bits per heavy atom. The minimum atomic E-state index is -0.779. The molecule has 0 radical (unpaired) electrons. The SMILES string of the molecule is CC(C)(C)OC(=O)N1[C@@H](c2ccc(Cl)c(-n3ncnc3C3CC3)c2)COC1(C)C.CC(C)(C)OC(=O)N1[C@@H](c2ccc(Cl)c(CN)c2)COC1(C)C.CN(C)C=NC(=O)C1CC1.N[C@H](CO)c1ccc(Cl)c(-n2ncnc2C2CC2)c1. The van der Waals surface area contributed by atoms with Crippen LogP contribution in [0, 0.1) is 5.92 Å². The third kappa shape index (κ3) is 16.5. The Kier molecular flexibility index (Phi) is 20.1. The molecular formula is C58H79Cl3N12O8. The molecule has 0 spiro atoms. The van der Waals surface area contributed by atoms with Crippen LogP contribution in [0.15, 0.2) is 72.2 Å². The smallest absolute Gasteiger partial charge is 0.413 e. The van der Waals surface area contributed by atoms with E-state index in [0.717, 1.165) is 83.8 Å². The third-order valence-corrected chi connectivity index (χ3v) is 14.6. The van der Waals surface area contributed by atoms with Crippen molar-refractivity contribution in [2.45, 2.75) is 167 Å². The normalized spacial score (nSPS) is 19.6. The van der Waals surface area contributed by atoms with E-state index in [4.69, 9.17) is 70.3 Å². The van der Waals surface area contributed by atoms with Gasteiger partial charge in [-0.25, -0.2) is 33.9 Å². The van der Waals surface area contributed by atoms with E-state index in [2.05, 4.69) is 25.2 Å². The maximum Gasteiger partial charge on any atom is 0.413 e. The number of halogens is 3. The number of nitrogens with two attached hydrogens (primary N) is 2. The highest BCUT2D eigenvalue weighted by molar-refractivity contribution is 6.32. The first-order valence-electron chi connectivity index (χ1n) is 27.3. The second-order valence-corrected chi connectivity index (χ2v) is 25.2. The highest BCUT2D eigenvalue weighted by Gasteiger charge is 2.48. The van der Waals surface area contributed by atoms with Gasteiger partial charge in [-0.1, -0.05) is 59.1 Å². The van der Waals surface area contributed by atoms with E-state index in [1.807, 2.05) is 130 Å². The van der Waals surface area contributed by atoms with E-state index in [0.29, 0.717) is 46.7 Å². The number of aliphatic hydroxyl groups excluding tert-OH is 1. The minimum Gasteiger partial charge on any atom is -0.444 e. The van der Waals surface area contributed by atoms with Crippen molar-refractivity contribution in [3.8, 4) is 11.4 Å². The number of carbonyl (C=O) groups is 3. The third-order valence-electron chi connectivity index (χ3n) is 13.6. The van der Waals surface area contributed by atoms with Gasteiger partial charge in [-0.15, -0.1) is 0 Å². The van der Waals surface area contributed by atoms with Crippen LogP contribution in [0.4, 0.5) is 9.59 Å². The van der Waals surface area contributed by atoms with Gasteiger partial charge in [0.15, 0.2) is 0 Å². The van der Waals surface area contributed by atoms with Crippen LogP contribution in [0.3, 0.4) is 0 Å². The van der Waals surface area contributed by atoms with Gasteiger partial charge < -0.3 is 40.4 Å². The Balaban J connectivity index is 0.000000164. The van der Waals surface area contributed by atoms with Crippen molar-refractivity contribution in [2.75, 3.05) is 33.9 Å². The lowest BCUT2D eigenvalue weighted by Gasteiger charge is -2.35. The number of carbonyl (C=O) groups excluding carboxylic acids is 3. The molecule has 5 aliphatic rings. The van der Waals surface area contributed by atoms with Crippen LogP contribution in [0.2, 0.25) is 15.1 Å². The quantitative estimate of drug-likeness (QED) is 0.0822. The lowest BCUT2D eigenvalue weighted by Crippen LogP contribution is -2.47. The molecule has 3 atom stereocenters. The predicted octanol–water partition coefficient (Wildman–Crippen LogP) is 11.0. The summed E-state index contributed by atoms with van der Waals surface area (Å²) < 4.78 is 26.5. The van der Waals surface area contributed by atoms with Crippen molar-refractivity contribution >= 4 is 59.2 Å². The summed E-state index contributed by atoms with van der Waals surface area (Å²) in [7, 11) is 3.70. The van der Waals surface area contributed by atoms with Crippen molar-refractivity contribution in [1.82, 2.24) is 44.2 Å². The number of ether oxygens (including phenoxy) is 4. The van der Waals surface area contributed by atoms with Crippen LogP contribution in [0.1, 0.15) is 172 Å². The molecule has 3 saturated carbocycles. The Labute approximate surface area is 490 Å². The maximum atomic E-state index is 13.0. The van der Waals surface area contributed by atoms with Gasteiger partial charge in [-0.2, -0.15) is 10.2 Å². The highest BCUT2D eigenvalue weighted by atomic mass is 35.5. The Morgan fingerprint density at radius 1 is 0.728 bits per heavy atom. The molecule has 3 amide bonds. The van der Waals surface area contributed by atoms with E-state index >= 15 is 0 Å². The fourth-order valence-corrected chi connectivity index (χ4v) is 9.61. The number of hydrogen-bond acceptors (Lipinski definition) is 14.